The number of ketones is 2. The summed E-state index contributed by atoms with van der Waals surface area (Å²) >= 11 is 9.26. The molecule has 0 radical (unpaired) electrons. The normalized spacial score (nSPS) is 14.4. The predicted octanol–water partition coefficient (Wildman–Crippen LogP) is 9.64. The van der Waals surface area contributed by atoms with Gasteiger partial charge in [-0.3, -0.25) is 14.4 Å². The number of thioether (sulfide) groups is 1. The fraction of sp³-hybridized carbons (Fsp3) is 0.222. The van der Waals surface area contributed by atoms with E-state index in [1.165, 1.54) is 0 Å². The molecule has 43 heavy (non-hydrogen) atoms. The van der Waals surface area contributed by atoms with Gasteiger partial charge in [-0.2, -0.15) is 0 Å². The summed E-state index contributed by atoms with van der Waals surface area (Å²) in [5.41, 5.74) is 2.04. The van der Waals surface area contributed by atoms with Gasteiger partial charge in [0.2, 0.25) is 11.7 Å². The molecular weight excluding hydrogens is 594 g/mol. The first-order valence-corrected chi connectivity index (χ1v) is 16.5. The van der Waals surface area contributed by atoms with E-state index in [0.717, 1.165) is 14.7 Å². The van der Waals surface area contributed by atoms with Gasteiger partial charge >= 0.3 is 0 Å². The standard InChI is InChI=1S/C34H30ClNO3S2.C2H6/c1-23(2)34(39)36-31(21-22-40-28-10-6-9-27(35)15-20-28)33(38)26-13-18-30(19-14-26)41-29-16-11-25(12-17-29)32(37)24-7-4-3-5-8-24;1-2/h3-20,23,27H,21-22H2,1-2H3;1-2H3. The monoisotopic (exact) mass is 629 g/mol. The molecule has 0 heterocycles. The van der Waals surface area contributed by atoms with Crippen LogP contribution in [0.2, 0.25) is 0 Å². The number of amides is 1. The lowest BCUT2D eigenvalue weighted by Crippen LogP contribution is -2.19. The van der Waals surface area contributed by atoms with Gasteiger partial charge in [0.25, 0.3) is 0 Å². The van der Waals surface area contributed by atoms with Crippen molar-refractivity contribution >= 4 is 58.3 Å². The van der Waals surface area contributed by atoms with Gasteiger partial charge in [0.1, 0.15) is 0 Å². The van der Waals surface area contributed by atoms with Crippen LogP contribution in [0.1, 0.15) is 60.4 Å². The van der Waals surface area contributed by atoms with Crippen LogP contribution in [0.4, 0.5) is 0 Å². The number of nitrogens with zero attached hydrogens (tertiary/aromatic N) is 1. The SMILES string of the molecule is CC.CC(C)C(=O)N=C(CCSC1=CC=CC(Cl)C=C1)C(=O)c1ccc(Sc2ccc(C(=O)c3ccccc3)cc2)cc1. The summed E-state index contributed by atoms with van der Waals surface area (Å²) in [6.45, 7) is 7.55. The molecule has 222 valence electrons. The second-order valence-electron chi connectivity index (χ2n) is 9.58. The van der Waals surface area contributed by atoms with E-state index in [4.69, 9.17) is 11.6 Å². The van der Waals surface area contributed by atoms with Crippen molar-refractivity contribution in [1.29, 1.82) is 0 Å². The summed E-state index contributed by atoms with van der Waals surface area (Å²) in [7, 11) is 0. The van der Waals surface area contributed by atoms with Crippen molar-refractivity contribution in [3.05, 3.63) is 131 Å². The Hall–Kier alpha value is -3.45. The van der Waals surface area contributed by atoms with Crippen molar-refractivity contribution < 1.29 is 14.4 Å². The number of aliphatic imine (C=N–C) groups is 1. The molecule has 0 spiro atoms. The number of hydrogen-bond donors (Lipinski definition) is 0. The molecule has 0 aliphatic heterocycles. The maximum Gasteiger partial charge on any atom is 0.248 e. The first-order valence-electron chi connectivity index (χ1n) is 14.3. The molecule has 3 aromatic rings. The fourth-order valence-corrected chi connectivity index (χ4v) is 5.67. The van der Waals surface area contributed by atoms with Gasteiger partial charge in [0, 0.05) is 49.5 Å². The van der Waals surface area contributed by atoms with Crippen molar-refractivity contribution in [3.8, 4) is 0 Å². The van der Waals surface area contributed by atoms with Crippen LogP contribution < -0.4 is 0 Å². The Kier molecular flexibility index (Phi) is 13.9. The maximum atomic E-state index is 13.4. The number of allylic oxidation sites excluding steroid dienone is 5. The summed E-state index contributed by atoms with van der Waals surface area (Å²) in [5, 5.41) is -0.143. The molecule has 1 aliphatic carbocycles. The Bertz CT molecular complexity index is 1510. The molecule has 4 rings (SSSR count). The third kappa shape index (κ3) is 10.6. The van der Waals surface area contributed by atoms with Crippen LogP contribution in [-0.2, 0) is 4.79 Å². The van der Waals surface area contributed by atoms with E-state index >= 15 is 0 Å². The highest BCUT2D eigenvalue weighted by Gasteiger charge is 2.18. The minimum atomic E-state index is -0.304. The molecule has 1 atom stereocenters. The number of rotatable bonds is 11. The smallest absolute Gasteiger partial charge is 0.248 e. The molecule has 0 bridgehead atoms. The first-order chi connectivity index (χ1) is 20.8. The van der Waals surface area contributed by atoms with Crippen molar-refractivity contribution in [2.75, 3.05) is 5.75 Å². The highest BCUT2D eigenvalue weighted by atomic mass is 35.5. The Labute approximate surface area is 268 Å². The van der Waals surface area contributed by atoms with E-state index in [2.05, 4.69) is 4.99 Å². The quantitative estimate of drug-likeness (QED) is 0.120. The third-order valence-corrected chi connectivity index (χ3v) is 8.43. The molecule has 4 nitrogen and oxygen atoms in total. The van der Waals surface area contributed by atoms with E-state index in [9.17, 15) is 14.4 Å². The van der Waals surface area contributed by atoms with Crippen molar-refractivity contribution in [2.45, 2.75) is 49.3 Å². The number of Topliss-reactive ketones (excluding diaryl/α,β-unsaturated/α-hetero) is 1. The van der Waals surface area contributed by atoms with Gasteiger partial charge < -0.3 is 0 Å². The zero-order valence-electron chi connectivity index (χ0n) is 24.8. The topological polar surface area (TPSA) is 63.6 Å². The number of halogens is 1. The lowest BCUT2D eigenvalue weighted by atomic mass is 10.0. The van der Waals surface area contributed by atoms with Crippen molar-refractivity contribution in [1.82, 2.24) is 0 Å². The molecular formula is C36H36ClNO3S2. The lowest BCUT2D eigenvalue weighted by molar-refractivity contribution is -0.120. The highest BCUT2D eigenvalue weighted by molar-refractivity contribution is 8.03. The minimum Gasteiger partial charge on any atom is -0.289 e. The average molecular weight is 630 g/mol. The van der Waals surface area contributed by atoms with E-state index < -0.39 is 0 Å². The van der Waals surface area contributed by atoms with Crippen LogP contribution in [0, 0.1) is 5.92 Å². The van der Waals surface area contributed by atoms with E-state index in [1.54, 1.807) is 49.5 Å². The van der Waals surface area contributed by atoms with Crippen LogP contribution in [0.5, 0.6) is 0 Å². The zero-order chi connectivity index (χ0) is 31.2. The lowest BCUT2D eigenvalue weighted by Gasteiger charge is -2.09. The van der Waals surface area contributed by atoms with E-state index in [0.29, 0.717) is 28.9 Å². The van der Waals surface area contributed by atoms with E-state index in [-0.39, 0.29) is 34.5 Å². The Balaban J connectivity index is 0.00000248. The zero-order valence-corrected chi connectivity index (χ0v) is 27.2. The second kappa shape index (κ2) is 17.6. The van der Waals surface area contributed by atoms with E-state index in [1.807, 2.05) is 111 Å². The first kappa shape index (κ1) is 34.0. The predicted molar refractivity (Wildman–Crippen MR) is 183 cm³/mol. The molecule has 1 amide bonds. The summed E-state index contributed by atoms with van der Waals surface area (Å²) in [4.78, 5) is 45.6. The molecule has 0 aromatic heterocycles. The van der Waals surface area contributed by atoms with Crippen molar-refractivity contribution in [2.24, 2.45) is 10.9 Å². The fourth-order valence-electron chi connectivity index (χ4n) is 3.81. The number of carbonyl (C=O) groups excluding carboxylic acids is 3. The van der Waals surface area contributed by atoms with Crippen LogP contribution in [0.25, 0.3) is 0 Å². The van der Waals surface area contributed by atoms with Gasteiger partial charge in [-0.1, -0.05) is 94.1 Å². The van der Waals surface area contributed by atoms with Gasteiger partial charge in [0.05, 0.1) is 11.1 Å². The Morgan fingerprint density at radius 2 is 1.40 bits per heavy atom. The summed E-state index contributed by atoms with van der Waals surface area (Å²) < 4.78 is 0. The summed E-state index contributed by atoms with van der Waals surface area (Å²) in [5.74, 6) is -0.256. The maximum absolute atomic E-state index is 13.4. The third-order valence-electron chi connectivity index (χ3n) is 6.11. The average Bonchev–Trinajstić information content (AvgIpc) is 3.25. The number of carbonyl (C=O) groups is 3. The number of benzene rings is 3. The Morgan fingerprint density at radius 3 is 2.00 bits per heavy atom. The van der Waals surface area contributed by atoms with Crippen LogP contribution in [0.15, 0.2) is 129 Å². The number of hydrogen-bond acceptors (Lipinski definition) is 5. The second-order valence-corrected chi connectivity index (χ2v) is 12.4. The molecule has 0 saturated heterocycles. The summed E-state index contributed by atoms with van der Waals surface area (Å²) in [6, 6.07) is 24.0. The van der Waals surface area contributed by atoms with Gasteiger partial charge in [-0.25, -0.2) is 4.99 Å². The molecule has 0 fully saturated rings. The van der Waals surface area contributed by atoms with Crippen LogP contribution >= 0.6 is 35.1 Å². The highest BCUT2D eigenvalue weighted by Crippen LogP contribution is 2.29. The molecule has 3 aromatic carbocycles. The summed E-state index contributed by atoms with van der Waals surface area (Å²) in [6.07, 6.45) is 10.0. The van der Waals surface area contributed by atoms with Gasteiger partial charge in [0.15, 0.2) is 5.78 Å². The molecule has 1 aliphatic rings. The van der Waals surface area contributed by atoms with Crippen LogP contribution in [0.3, 0.4) is 0 Å². The minimum absolute atomic E-state index is 0.0139. The van der Waals surface area contributed by atoms with Crippen LogP contribution in [-0.4, -0.2) is 34.3 Å². The van der Waals surface area contributed by atoms with Crippen molar-refractivity contribution in [3.63, 3.8) is 0 Å². The number of alkyl halides is 1. The Morgan fingerprint density at radius 1 is 0.814 bits per heavy atom. The largest absolute Gasteiger partial charge is 0.289 e. The van der Waals surface area contributed by atoms with Gasteiger partial charge in [-0.05, 0) is 54.6 Å². The molecule has 1 unspecified atom stereocenters. The molecule has 0 N–H and O–H groups in total. The molecule has 7 heteroatoms. The van der Waals surface area contributed by atoms with Gasteiger partial charge in [-0.15, -0.1) is 23.4 Å². The molecule has 0 saturated carbocycles.